The lowest BCUT2D eigenvalue weighted by molar-refractivity contribution is -0.131. The summed E-state index contributed by atoms with van der Waals surface area (Å²) in [7, 11) is 0. The van der Waals surface area contributed by atoms with Crippen molar-refractivity contribution in [1.29, 1.82) is 0 Å². The first-order valence-corrected chi connectivity index (χ1v) is 7.16. The molecule has 1 aliphatic heterocycles. The number of benzene rings is 1. The lowest BCUT2D eigenvalue weighted by Crippen LogP contribution is -2.30. The Morgan fingerprint density at radius 3 is 2.37 bits per heavy atom. The monoisotopic (exact) mass is 327 g/mol. The molecule has 2 N–H and O–H groups in total. The van der Waals surface area contributed by atoms with Crippen LogP contribution in [0.1, 0.15) is 24.8 Å². The zero-order chi connectivity index (χ0) is 14.0. The van der Waals surface area contributed by atoms with Crippen molar-refractivity contribution in [2.45, 2.75) is 31.5 Å². The van der Waals surface area contributed by atoms with E-state index in [1.165, 1.54) is 4.90 Å². The van der Waals surface area contributed by atoms with Gasteiger partial charge < -0.3 is 15.1 Å². The van der Waals surface area contributed by atoms with E-state index >= 15 is 0 Å². The number of hydrogen-bond acceptors (Lipinski definition) is 3. The maximum absolute atomic E-state index is 12.1. The number of aliphatic hydroxyl groups is 2. The highest BCUT2D eigenvalue weighted by atomic mass is 79.9. The van der Waals surface area contributed by atoms with E-state index in [0.29, 0.717) is 6.42 Å². The van der Waals surface area contributed by atoms with Gasteiger partial charge in [-0.25, -0.2) is 0 Å². The highest BCUT2D eigenvalue weighted by Gasteiger charge is 2.32. The van der Waals surface area contributed by atoms with Crippen molar-refractivity contribution in [3.05, 3.63) is 34.3 Å². The van der Waals surface area contributed by atoms with E-state index in [0.717, 1.165) is 10.0 Å². The fourth-order valence-electron chi connectivity index (χ4n) is 2.27. The molecule has 19 heavy (non-hydrogen) atoms. The van der Waals surface area contributed by atoms with Crippen molar-refractivity contribution in [2.24, 2.45) is 0 Å². The molecule has 4 nitrogen and oxygen atoms in total. The molecule has 0 aliphatic carbocycles. The number of aliphatic hydroxyl groups excluding tert-OH is 2. The van der Waals surface area contributed by atoms with Crippen molar-refractivity contribution in [2.75, 3.05) is 13.1 Å². The molecule has 1 amide bonds. The van der Waals surface area contributed by atoms with Crippen molar-refractivity contribution >= 4 is 21.8 Å². The number of amides is 1. The fraction of sp³-hybridized carbons (Fsp3) is 0.500. The van der Waals surface area contributed by atoms with Crippen LogP contribution in [0.2, 0.25) is 0 Å². The molecule has 1 heterocycles. The van der Waals surface area contributed by atoms with Gasteiger partial charge in [0.05, 0.1) is 12.2 Å². The predicted octanol–water partition coefficient (Wildman–Crippen LogP) is 1.51. The number of nitrogens with zero attached hydrogens (tertiary/aromatic N) is 1. The molecule has 1 aromatic rings. The van der Waals surface area contributed by atoms with Crippen molar-refractivity contribution in [3.8, 4) is 0 Å². The van der Waals surface area contributed by atoms with Gasteiger partial charge in [0.15, 0.2) is 0 Å². The summed E-state index contributed by atoms with van der Waals surface area (Å²) >= 11 is 3.38. The lowest BCUT2D eigenvalue weighted by Gasteiger charge is -2.18. The SMILES string of the molecule is CC(CC(=O)N1C[C@@H](O)[C@@H](O)C1)c1ccc(Br)cc1. The zero-order valence-corrected chi connectivity index (χ0v) is 12.4. The Kier molecular flexibility index (Phi) is 4.60. The zero-order valence-electron chi connectivity index (χ0n) is 10.8. The Balaban J connectivity index is 1.94. The smallest absolute Gasteiger partial charge is 0.223 e. The lowest BCUT2D eigenvalue weighted by atomic mass is 9.97. The molecule has 0 radical (unpaired) electrons. The first-order valence-electron chi connectivity index (χ1n) is 6.36. The highest BCUT2D eigenvalue weighted by Crippen LogP contribution is 2.23. The standard InChI is InChI=1S/C14H18BrNO3/c1-9(10-2-4-11(15)5-3-10)6-14(19)16-7-12(17)13(18)8-16/h2-5,9,12-13,17-18H,6-8H2,1H3/t9?,12-,13+. The summed E-state index contributed by atoms with van der Waals surface area (Å²) in [6.07, 6.45) is -1.24. The molecule has 2 rings (SSSR count). The fourth-order valence-corrected chi connectivity index (χ4v) is 2.54. The van der Waals surface area contributed by atoms with Crippen LogP contribution >= 0.6 is 15.9 Å². The second-order valence-corrected chi connectivity index (χ2v) is 6.01. The summed E-state index contributed by atoms with van der Waals surface area (Å²) in [4.78, 5) is 13.6. The quantitative estimate of drug-likeness (QED) is 0.884. The second-order valence-electron chi connectivity index (χ2n) is 5.09. The number of halogens is 1. The van der Waals surface area contributed by atoms with E-state index in [2.05, 4.69) is 15.9 Å². The summed E-state index contributed by atoms with van der Waals surface area (Å²) < 4.78 is 1.01. The summed E-state index contributed by atoms with van der Waals surface area (Å²) in [5, 5.41) is 18.9. The van der Waals surface area contributed by atoms with Gasteiger partial charge in [0.25, 0.3) is 0 Å². The molecule has 0 saturated carbocycles. The Morgan fingerprint density at radius 1 is 1.32 bits per heavy atom. The van der Waals surface area contributed by atoms with Gasteiger partial charge in [-0.3, -0.25) is 4.79 Å². The van der Waals surface area contributed by atoms with Crippen LogP contribution in [0.4, 0.5) is 0 Å². The molecule has 0 aromatic heterocycles. The second kappa shape index (κ2) is 6.03. The molecule has 1 aromatic carbocycles. The normalized spacial score (nSPS) is 24.5. The summed E-state index contributed by atoms with van der Waals surface area (Å²) in [6, 6.07) is 7.91. The molecular formula is C14H18BrNO3. The van der Waals surface area contributed by atoms with Crippen LogP contribution in [0.25, 0.3) is 0 Å². The van der Waals surface area contributed by atoms with Crippen LogP contribution in [-0.2, 0) is 4.79 Å². The number of carbonyl (C=O) groups excluding carboxylic acids is 1. The molecule has 5 heteroatoms. The Labute approximate surface area is 121 Å². The first-order chi connectivity index (χ1) is 8.97. The molecular weight excluding hydrogens is 310 g/mol. The van der Waals surface area contributed by atoms with Crippen LogP contribution in [0.5, 0.6) is 0 Å². The minimum Gasteiger partial charge on any atom is -0.388 e. The van der Waals surface area contributed by atoms with Gasteiger partial charge in [-0.15, -0.1) is 0 Å². The van der Waals surface area contributed by atoms with Crippen LogP contribution in [-0.4, -0.2) is 46.3 Å². The molecule has 0 bridgehead atoms. The minimum absolute atomic E-state index is 0.0222. The number of rotatable bonds is 3. The number of β-amino-alcohol motifs (C(OH)–C–C–N with tert-alkyl or cyclic N) is 2. The number of carbonyl (C=O) groups is 1. The van der Waals surface area contributed by atoms with Gasteiger partial charge in [-0.2, -0.15) is 0 Å². The molecule has 1 fully saturated rings. The molecule has 1 saturated heterocycles. The van der Waals surface area contributed by atoms with Crippen molar-refractivity contribution in [3.63, 3.8) is 0 Å². The van der Waals surface area contributed by atoms with E-state index in [1.807, 2.05) is 31.2 Å². The van der Waals surface area contributed by atoms with E-state index in [1.54, 1.807) is 0 Å². The van der Waals surface area contributed by atoms with E-state index in [-0.39, 0.29) is 24.9 Å². The van der Waals surface area contributed by atoms with Crippen LogP contribution in [0.3, 0.4) is 0 Å². The average Bonchev–Trinajstić information content (AvgIpc) is 2.70. The van der Waals surface area contributed by atoms with Crippen molar-refractivity contribution in [1.82, 2.24) is 4.90 Å². The molecule has 3 atom stereocenters. The third-order valence-electron chi connectivity index (χ3n) is 3.53. The maximum Gasteiger partial charge on any atom is 0.223 e. The summed E-state index contributed by atoms with van der Waals surface area (Å²) in [5.74, 6) is 0.0986. The largest absolute Gasteiger partial charge is 0.388 e. The van der Waals surface area contributed by atoms with Crippen LogP contribution in [0, 0.1) is 0 Å². The van der Waals surface area contributed by atoms with Gasteiger partial charge >= 0.3 is 0 Å². The maximum atomic E-state index is 12.1. The molecule has 0 spiro atoms. The molecule has 104 valence electrons. The topological polar surface area (TPSA) is 60.8 Å². The summed E-state index contributed by atoms with van der Waals surface area (Å²) in [6.45, 7) is 2.46. The van der Waals surface area contributed by atoms with Crippen LogP contribution in [0.15, 0.2) is 28.7 Å². The van der Waals surface area contributed by atoms with E-state index in [9.17, 15) is 15.0 Å². The predicted molar refractivity (Wildman–Crippen MR) is 75.8 cm³/mol. The van der Waals surface area contributed by atoms with Gasteiger partial charge in [0.1, 0.15) is 0 Å². The summed E-state index contributed by atoms with van der Waals surface area (Å²) in [5.41, 5.74) is 1.11. The van der Waals surface area contributed by atoms with Gasteiger partial charge in [0, 0.05) is 24.0 Å². The van der Waals surface area contributed by atoms with Gasteiger partial charge in [-0.1, -0.05) is 35.0 Å². The molecule has 1 unspecified atom stereocenters. The third kappa shape index (κ3) is 3.55. The van der Waals surface area contributed by atoms with Gasteiger partial charge in [0.2, 0.25) is 5.91 Å². The Bertz CT molecular complexity index is 439. The Hall–Kier alpha value is -0.910. The highest BCUT2D eigenvalue weighted by molar-refractivity contribution is 9.10. The van der Waals surface area contributed by atoms with E-state index in [4.69, 9.17) is 0 Å². The van der Waals surface area contributed by atoms with Crippen LogP contribution < -0.4 is 0 Å². The minimum atomic E-state index is -0.813. The first kappa shape index (κ1) is 14.5. The molecule has 1 aliphatic rings. The third-order valence-corrected chi connectivity index (χ3v) is 4.06. The Morgan fingerprint density at radius 2 is 1.84 bits per heavy atom. The number of likely N-dealkylation sites (tertiary alicyclic amines) is 1. The van der Waals surface area contributed by atoms with Crippen molar-refractivity contribution < 1.29 is 15.0 Å². The number of hydrogen-bond donors (Lipinski definition) is 2. The van der Waals surface area contributed by atoms with Gasteiger partial charge in [-0.05, 0) is 23.6 Å². The van der Waals surface area contributed by atoms with E-state index < -0.39 is 12.2 Å². The average molecular weight is 328 g/mol.